The molecule has 1 aromatic rings. The van der Waals surface area contributed by atoms with E-state index in [0.717, 1.165) is 63.2 Å². The van der Waals surface area contributed by atoms with Gasteiger partial charge in [0.1, 0.15) is 5.75 Å². The third-order valence-corrected chi connectivity index (χ3v) is 4.14. The normalized spacial score (nSPS) is 15.3. The molecule has 1 aliphatic rings. The lowest BCUT2D eigenvalue weighted by Crippen LogP contribution is -2.44. The van der Waals surface area contributed by atoms with Crippen LogP contribution < -0.4 is 15.4 Å². The fourth-order valence-electron chi connectivity index (χ4n) is 2.61. The number of guanidine groups is 1. The second-order valence-electron chi connectivity index (χ2n) is 5.76. The van der Waals surface area contributed by atoms with Crippen LogP contribution in [0.2, 0.25) is 5.02 Å². The fourth-order valence-corrected chi connectivity index (χ4v) is 2.77. The Morgan fingerprint density at radius 3 is 2.73 bits per heavy atom. The molecule has 0 aromatic heterocycles. The van der Waals surface area contributed by atoms with Gasteiger partial charge in [-0.15, -0.1) is 24.0 Å². The Kier molecular flexibility index (Phi) is 12.0. The number of aliphatic imine (C=N–C) groups is 1. The first-order valence-corrected chi connectivity index (χ1v) is 9.34. The van der Waals surface area contributed by atoms with Gasteiger partial charge in [-0.05, 0) is 26.0 Å². The summed E-state index contributed by atoms with van der Waals surface area (Å²) in [7, 11) is 0. The van der Waals surface area contributed by atoms with E-state index < -0.39 is 0 Å². The SMILES string of the molecule is CCNC(=NCc1ccc(Cl)cc1OCC)NCCN1CCOCC1.I. The number of hydrogen-bond acceptors (Lipinski definition) is 4. The number of nitrogens with zero attached hydrogens (tertiary/aromatic N) is 2. The number of morpholine rings is 1. The molecule has 0 spiro atoms. The van der Waals surface area contributed by atoms with Crippen molar-refractivity contribution in [1.29, 1.82) is 0 Å². The van der Waals surface area contributed by atoms with Gasteiger partial charge in [0.05, 0.1) is 26.4 Å². The van der Waals surface area contributed by atoms with Crippen LogP contribution in [0.4, 0.5) is 0 Å². The summed E-state index contributed by atoms with van der Waals surface area (Å²) in [6.07, 6.45) is 0. The van der Waals surface area contributed by atoms with Gasteiger partial charge >= 0.3 is 0 Å². The zero-order chi connectivity index (χ0) is 17.9. The lowest BCUT2D eigenvalue weighted by Gasteiger charge is -2.26. The molecular weight excluding hydrogens is 467 g/mol. The van der Waals surface area contributed by atoms with Crippen LogP contribution in [0.5, 0.6) is 5.75 Å². The Labute approximate surface area is 178 Å². The van der Waals surface area contributed by atoms with Gasteiger partial charge in [0, 0.05) is 43.3 Å². The first kappa shape index (κ1) is 23.3. The van der Waals surface area contributed by atoms with Crippen molar-refractivity contribution in [2.75, 3.05) is 52.5 Å². The van der Waals surface area contributed by atoms with E-state index in [2.05, 4.69) is 27.4 Å². The van der Waals surface area contributed by atoms with Crippen LogP contribution in [0.25, 0.3) is 0 Å². The lowest BCUT2D eigenvalue weighted by molar-refractivity contribution is 0.0389. The Bertz CT molecular complexity index is 554. The number of halogens is 2. The van der Waals surface area contributed by atoms with Crippen LogP contribution in [-0.2, 0) is 11.3 Å². The van der Waals surface area contributed by atoms with E-state index in [0.29, 0.717) is 18.2 Å². The second-order valence-corrected chi connectivity index (χ2v) is 6.20. The van der Waals surface area contributed by atoms with Gasteiger partial charge in [-0.1, -0.05) is 17.7 Å². The highest BCUT2D eigenvalue weighted by Crippen LogP contribution is 2.24. The molecule has 0 saturated carbocycles. The summed E-state index contributed by atoms with van der Waals surface area (Å²) in [6, 6.07) is 5.68. The third kappa shape index (κ3) is 8.28. The van der Waals surface area contributed by atoms with E-state index >= 15 is 0 Å². The van der Waals surface area contributed by atoms with Crippen molar-refractivity contribution in [3.63, 3.8) is 0 Å². The minimum atomic E-state index is 0. The molecule has 0 radical (unpaired) electrons. The van der Waals surface area contributed by atoms with E-state index in [1.54, 1.807) is 0 Å². The molecule has 6 nitrogen and oxygen atoms in total. The molecule has 1 aliphatic heterocycles. The van der Waals surface area contributed by atoms with Crippen LogP contribution in [-0.4, -0.2) is 63.4 Å². The fraction of sp³-hybridized carbons (Fsp3) is 0.611. The van der Waals surface area contributed by atoms with Crippen molar-refractivity contribution in [1.82, 2.24) is 15.5 Å². The van der Waals surface area contributed by atoms with Gasteiger partial charge in [-0.2, -0.15) is 0 Å². The van der Waals surface area contributed by atoms with Crippen molar-refractivity contribution >= 4 is 41.5 Å². The number of benzene rings is 1. The molecule has 0 atom stereocenters. The molecule has 1 saturated heterocycles. The van der Waals surface area contributed by atoms with E-state index in [4.69, 9.17) is 21.1 Å². The molecular formula is C18H30ClIN4O2. The topological polar surface area (TPSA) is 58.1 Å². The second kappa shape index (κ2) is 13.4. The maximum Gasteiger partial charge on any atom is 0.191 e. The largest absolute Gasteiger partial charge is 0.493 e. The summed E-state index contributed by atoms with van der Waals surface area (Å²) in [4.78, 5) is 7.06. The Balaban J connectivity index is 0.00000338. The molecule has 148 valence electrons. The zero-order valence-electron chi connectivity index (χ0n) is 15.6. The van der Waals surface area contributed by atoms with Crippen molar-refractivity contribution in [2.45, 2.75) is 20.4 Å². The van der Waals surface area contributed by atoms with Crippen molar-refractivity contribution in [3.05, 3.63) is 28.8 Å². The highest BCUT2D eigenvalue weighted by molar-refractivity contribution is 14.0. The van der Waals surface area contributed by atoms with Crippen LogP contribution in [0.1, 0.15) is 19.4 Å². The van der Waals surface area contributed by atoms with Gasteiger partial charge in [0.25, 0.3) is 0 Å². The maximum atomic E-state index is 6.05. The maximum absolute atomic E-state index is 6.05. The summed E-state index contributed by atoms with van der Waals surface area (Å²) in [5, 5.41) is 7.35. The molecule has 8 heteroatoms. The summed E-state index contributed by atoms with van der Waals surface area (Å²) < 4.78 is 11.0. The molecule has 1 heterocycles. The van der Waals surface area contributed by atoms with Crippen LogP contribution in [0, 0.1) is 0 Å². The van der Waals surface area contributed by atoms with Gasteiger partial charge in [0.2, 0.25) is 0 Å². The standard InChI is InChI=1S/C18H29ClN4O2.HI/c1-3-20-18(21-7-8-23-9-11-24-12-10-23)22-14-15-5-6-16(19)13-17(15)25-4-2;/h5-6,13H,3-4,7-12,14H2,1-2H3,(H2,20,21,22);1H. The summed E-state index contributed by atoms with van der Waals surface area (Å²) in [5.41, 5.74) is 1.02. The van der Waals surface area contributed by atoms with Crippen LogP contribution in [0.15, 0.2) is 23.2 Å². The average Bonchev–Trinajstić information content (AvgIpc) is 2.62. The molecule has 2 rings (SSSR count). The minimum absolute atomic E-state index is 0. The number of hydrogen-bond donors (Lipinski definition) is 2. The number of rotatable bonds is 8. The van der Waals surface area contributed by atoms with E-state index in [1.807, 2.05) is 25.1 Å². The first-order valence-electron chi connectivity index (χ1n) is 8.96. The monoisotopic (exact) mass is 496 g/mol. The Hall–Kier alpha value is -0.770. The van der Waals surface area contributed by atoms with Gasteiger partial charge in [-0.25, -0.2) is 4.99 Å². The van der Waals surface area contributed by atoms with Crippen LogP contribution >= 0.6 is 35.6 Å². The number of ether oxygens (including phenoxy) is 2. The summed E-state index contributed by atoms with van der Waals surface area (Å²) in [5.74, 6) is 1.61. The molecule has 0 unspecified atom stereocenters. The molecule has 1 aromatic carbocycles. The zero-order valence-corrected chi connectivity index (χ0v) is 18.7. The lowest BCUT2D eigenvalue weighted by atomic mass is 10.2. The molecule has 2 N–H and O–H groups in total. The Morgan fingerprint density at radius 2 is 2.04 bits per heavy atom. The molecule has 0 bridgehead atoms. The molecule has 0 amide bonds. The van der Waals surface area contributed by atoms with Crippen molar-refractivity contribution in [3.8, 4) is 5.75 Å². The quantitative estimate of drug-likeness (QED) is 0.329. The average molecular weight is 497 g/mol. The van der Waals surface area contributed by atoms with Crippen LogP contribution in [0.3, 0.4) is 0 Å². The van der Waals surface area contributed by atoms with E-state index in [9.17, 15) is 0 Å². The highest BCUT2D eigenvalue weighted by atomic mass is 127. The van der Waals surface area contributed by atoms with E-state index in [-0.39, 0.29) is 24.0 Å². The predicted octanol–water partition coefficient (Wildman–Crippen LogP) is 2.74. The van der Waals surface area contributed by atoms with Gasteiger partial charge in [0.15, 0.2) is 5.96 Å². The Morgan fingerprint density at radius 1 is 1.27 bits per heavy atom. The van der Waals surface area contributed by atoms with Gasteiger partial charge in [-0.3, -0.25) is 4.90 Å². The molecule has 26 heavy (non-hydrogen) atoms. The van der Waals surface area contributed by atoms with Crippen molar-refractivity contribution in [2.24, 2.45) is 4.99 Å². The summed E-state index contributed by atoms with van der Waals surface area (Å²) in [6.45, 7) is 11.5. The third-order valence-electron chi connectivity index (χ3n) is 3.90. The highest BCUT2D eigenvalue weighted by Gasteiger charge is 2.10. The van der Waals surface area contributed by atoms with Gasteiger partial charge < -0.3 is 20.1 Å². The molecule has 0 aliphatic carbocycles. The van der Waals surface area contributed by atoms with E-state index in [1.165, 1.54) is 0 Å². The first-order chi connectivity index (χ1) is 12.2. The minimum Gasteiger partial charge on any atom is -0.493 e. The van der Waals surface area contributed by atoms with Crippen molar-refractivity contribution < 1.29 is 9.47 Å². The predicted molar refractivity (Wildman–Crippen MR) is 118 cm³/mol. The number of nitrogens with one attached hydrogen (secondary N) is 2. The smallest absolute Gasteiger partial charge is 0.191 e. The summed E-state index contributed by atoms with van der Waals surface area (Å²) >= 11 is 6.05. The molecule has 1 fully saturated rings.